The molecule has 0 fully saturated rings. The molecule has 0 radical (unpaired) electrons. The van der Waals surface area contributed by atoms with E-state index in [1.54, 1.807) is 6.20 Å². The molecule has 0 atom stereocenters. The minimum absolute atomic E-state index is 0.164. The van der Waals surface area contributed by atoms with E-state index in [4.69, 9.17) is 0 Å². The molecule has 0 aliphatic heterocycles. The Kier molecular flexibility index (Phi) is 4.31. The van der Waals surface area contributed by atoms with E-state index in [1.807, 2.05) is 32.0 Å². The number of hydrogen-bond acceptors (Lipinski definition) is 2. The Morgan fingerprint density at radius 3 is 2.50 bits per heavy atom. The van der Waals surface area contributed by atoms with Gasteiger partial charge in [0.05, 0.1) is 0 Å². The number of carbonyl (C=O) groups excluding carboxylic acids is 1. The fourth-order valence-corrected chi connectivity index (χ4v) is 1.82. The van der Waals surface area contributed by atoms with Crippen molar-refractivity contribution in [2.24, 2.45) is 0 Å². The number of benzene rings is 2. The summed E-state index contributed by atoms with van der Waals surface area (Å²) < 4.78 is 12.8. The van der Waals surface area contributed by atoms with E-state index in [2.05, 4.69) is 5.32 Å². The molecule has 2 nitrogen and oxygen atoms in total. The minimum Gasteiger partial charge on any atom is -0.361 e. The van der Waals surface area contributed by atoms with Crippen LogP contribution in [0.4, 0.5) is 10.1 Å². The monoisotopic (exact) mass is 269 g/mol. The highest BCUT2D eigenvalue weighted by atomic mass is 19.1. The van der Waals surface area contributed by atoms with Gasteiger partial charge in [-0.25, -0.2) is 4.39 Å². The van der Waals surface area contributed by atoms with Gasteiger partial charge in [-0.1, -0.05) is 12.1 Å². The lowest BCUT2D eigenvalue weighted by molar-refractivity contribution is 0.104. The zero-order valence-corrected chi connectivity index (χ0v) is 11.5. The van der Waals surface area contributed by atoms with Crippen molar-refractivity contribution in [1.29, 1.82) is 0 Å². The normalized spacial score (nSPS) is 10.8. The van der Waals surface area contributed by atoms with Gasteiger partial charge < -0.3 is 5.32 Å². The van der Waals surface area contributed by atoms with E-state index in [0.29, 0.717) is 5.56 Å². The zero-order valence-electron chi connectivity index (χ0n) is 11.5. The lowest BCUT2D eigenvalue weighted by atomic mass is 10.1. The average molecular weight is 269 g/mol. The zero-order chi connectivity index (χ0) is 14.5. The fraction of sp³-hybridized carbons (Fsp3) is 0.118. The summed E-state index contributed by atoms with van der Waals surface area (Å²) >= 11 is 0. The molecule has 1 N–H and O–H groups in total. The molecular formula is C17H16FNO. The summed E-state index contributed by atoms with van der Waals surface area (Å²) in [5.74, 6) is -0.512. The van der Waals surface area contributed by atoms with Gasteiger partial charge in [0.1, 0.15) is 5.82 Å². The number of anilines is 1. The van der Waals surface area contributed by atoms with Crippen LogP contribution in [0.3, 0.4) is 0 Å². The molecule has 2 aromatic carbocycles. The lowest BCUT2D eigenvalue weighted by Crippen LogP contribution is -1.97. The molecule has 0 aromatic heterocycles. The molecule has 0 unspecified atom stereocenters. The van der Waals surface area contributed by atoms with Gasteiger partial charge in [0.2, 0.25) is 0 Å². The number of carbonyl (C=O) groups is 1. The van der Waals surface area contributed by atoms with Crippen molar-refractivity contribution in [1.82, 2.24) is 0 Å². The molecule has 2 rings (SSSR count). The van der Waals surface area contributed by atoms with Gasteiger partial charge in [-0.3, -0.25) is 4.79 Å². The molecule has 2 aromatic rings. The quantitative estimate of drug-likeness (QED) is 0.664. The van der Waals surface area contributed by atoms with E-state index in [0.717, 1.165) is 11.3 Å². The van der Waals surface area contributed by atoms with E-state index >= 15 is 0 Å². The van der Waals surface area contributed by atoms with Crippen molar-refractivity contribution in [2.75, 3.05) is 5.32 Å². The van der Waals surface area contributed by atoms with Gasteiger partial charge in [0.25, 0.3) is 0 Å². The summed E-state index contributed by atoms with van der Waals surface area (Å²) in [6, 6.07) is 11.4. The molecule has 0 spiro atoms. The van der Waals surface area contributed by atoms with E-state index in [9.17, 15) is 9.18 Å². The molecule has 0 aliphatic carbocycles. The van der Waals surface area contributed by atoms with E-state index < -0.39 is 0 Å². The first-order valence-electron chi connectivity index (χ1n) is 6.37. The highest BCUT2D eigenvalue weighted by Crippen LogP contribution is 2.17. The van der Waals surface area contributed by atoms with Crippen molar-refractivity contribution in [3.8, 4) is 0 Å². The van der Waals surface area contributed by atoms with Gasteiger partial charge >= 0.3 is 0 Å². The van der Waals surface area contributed by atoms with Crippen LogP contribution < -0.4 is 5.32 Å². The number of halogens is 1. The van der Waals surface area contributed by atoms with Gasteiger partial charge in [0.15, 0.2) is 5.78 Å². The summed E-state index contributed by atoms with van der Waals surface area (Å²) in [7, 11) is 0. The summed E-state index contributed by atoms with van der Waals surface area (Å²) in [6.07, 6.45) is 3.04. The maximum Gasteiger partial charge on any atom is 0.187 e. The van der Waals surface area contributed by atoms with Crippen molar-refractivity contribution in [3.05, 3.63) is 77.2 Å². The van der Waals surface area contributed by atoms with Crippen molar-refractivity contribution >= 4 is 11.5 Å². The Balaban J connectivity index is 2.05. The van der Waals surface area contributed by atoms with Gasteiger partial charge in [0, 0.05) is 23.5 Å². The smallest absolute Gasteiger partial charge is 0.187 e. The Labute approximate surface area is 118 Å². The Morgan fingerprint density at radius 2 is 1.80 bits per heavy atom. The Hall–Kier alpha value is -2.42. The summed E-state index contributed by atoms with van der Waals surface area (Å²) in [6.45, 7) is 4.06. The second kappa shape index (κ2) is 6.15. The third kappa shape index (κ3) is 3.32. The van der Waals surface area contributed by atoms with Crippen LogP contribution >= 0.6 is 0 Å². The second-order valence-electron chi connectivity index (χ2n) is 4.60. The molecule has 0 aliphatic rings. The maximum absolute atomic E-state index is 12.8. The van der Waals surface area contributed by atoms with Crippen LogP contribution in [0.25, 0.3) is 0 Å². The molecule has 3 heteroatoms. The first-order valence-corrected chi connectivity index (χ1v) is 6.37. The number of ketones is 1. The first-order chi connectivity index (χ1) is 9.58. The van der Waals surface area contributed by atoms with Crippen molar-refractivity contribution in [3.63, 3.8) is 0 Å². The van der Waals surface area contributed by atoms with Crippen LogP contribution in [0.5, 0.6) is 0 Å². The predicted molar refractivity (Wildman–Crippen MR) is 79.4 cm³/mol. The second-order valence-corrected chi connectivity index (χ2v) is 4.60. The Bertz CT molecular complexity index is 645. The molecule has 0 heterocycles. The number of aryl methyl sites for hydroxylation is 1. The molecule has 20 heavy (non-hydrogen) atoms. The van der Waals surface area contributed by atoms with Crippen LogP contribution in [-0.2, 0) is 0 Å². The highest BCUT2D eigenvalue weighted by Gasteiger charge is 2.02. The average Bonchev–Trinajstić information content (AvgIpc) is 2.44. The lowest BCUT2D eigenvalue weighted by Gasteiger charge is -2.07. The molecule has 0 bridgehead atoms. The van der Waals surface area contributed by atoms with Crippen LogP contribution in [0.15, 0.2) is 54.7 Å². The fourth-order valence-electron chi connectivity index (χ4n) is 1.82. The predicted octanol–water partition coefficient (Wildman–Crippen LogP) is 4.25. The van der Waals surface area contributed by atoms with Crippen LogP contribution in [0.1, 0.15) is 21.5 Å². The number of allylic oxidation sites excluding steroid dienone is 1. The SMILES string of the molecule is Cc1cccc(NC=CC(=O)c2ccc(F)cc2)c1C. The van der Waals surface area contributed by atoms with Crippen molar-refractivity contribution < 1.29 is 9.18 Å². The first kappa shape index (κ1) is 14.0. The van der Waals surface area contributed by atoms with Gasteiger partial charge in [-0.2, -0.15) is 0 Å². The van der Waals surface area contributed by atoms with E-state index in [-0.39, 0.29) is 11.6 Å². The topological polar surface area (TPSA) is 29.1 Å². The molecule has 0 saturated carbocycles. The number of hydrogen-bond donors (Lipinski definition) is 1. The third-order valence-corrected chi connectivity index (χ3v) is 3.21. The van der Waals surface area contributed by atoms with Gasteiger partial charge in [-0.15, -0.1) is 0 Å². The maximum atomic E-state index is 12.8. The Morgan fingerprint density at radius 1 is 1.10 bits per heavy atom. The molecule has 102 valence electrons. The summed E-state index contributed by atoms with van der Waals surface area (Å²) in [4.78, 5) is 11.8. The summed E-state index contributed by atoms with van der Waals surface area (Å²) in [5, 5.41) is 3.09. The largest absolute Gasteiger partial charge is 0.361 e. The van der Waals surface area contributed by atoms with Crippen molar-refractivity contribution in [2.45, 2.75) is 13.8 Å². The molecular weight excluding hydrogens is 253 g/mol. The summed E-state index contributed by atoms with van der Waals surface area (Å²) in [5.41, 5.74) is 3.76. The highest BCUT2D eigenvalue weighted by molar-refractivity contribution is 6.04. The minimum atomic E-state index is -0.348. The number of nitrogens with one attached hydrogen (secondary N) is 1. The van der Waals surface area contributed by atoms with Gasteiger partial charge in [-0.05, 0) is 55.3 Å². The van der Waals surface area contributed by atoms with Crippen LogP contribution in [-0.4, -0.2) is 5.78 Å². The third-order valence-electron chi connectivity index (χ3n) is 3.21. The van der Waals surface area contributed by atoms with Crippen LogP contribution in [0, 0.1) is 19.7 Å². The van der Waals surface area contributed by atoms with E-state index in [1.165, 1.54) is 35.9 Å². The molecule has 0 amide bonds. The van der Waals surface area contributed by atoms with Crippen LogP contribution in [0.2, 0.25) is 0 Å². The number of rotatable bonds is 4. The standard InChI is InChI=1S/C17H16FNO/c1-12-4-3-5-16(13(12)2)19-11-10-17(20)14-6-8-15(18)9-7-14/h3-11,19H,1-2H3. The molecule has 0 saturated heterocycles.